The van der Waals surface area contributed by atoms with E-state index < -0.39 is 0 Å². The number of carbonyl (C=O) groups is 1. The highest BCUT2D eigenvalue weighted by Gasteiger charge is 2.17. The van der Waals surface area contributed by atoms with E-state index in [9.17, 15) is 4.79 Å². The fraction of sp³-hybridized carbons (Fsp3) is 0.138. The van der Waals surface area contributed by atoms with E-state index in [0.29, 0.717) is 18.2 Å². The summed E-state index contributed by atoms with van der Waals surface area (Å²) in [4.78, 5) is 23.5. The van der Waals surface area contributed by atoms with Gasteiger partial charge in [-0.1, -0.05) is 60.7 Å². The monoisotopic (exact) mass is 572 g/mol. The number of nitrogens with one attached hydrogen (secondary N) is 1. The van der Waals surface area contributed by atoms with Crippen molar-refractivity contribution in [2.24, 2.45) is 0 Å². The van der Waals surface area contributed by atoms with Gasteiger partial charge in [0.1, 0.15) is 12.1 Å². The van der Waals surface area contributed by atoms with E-state index in [2.05, 4.69) is 62.4 Å². The molecule has 186 valence electrons. The number of ether oxygens (including phenoxy) is 1. The molecular formula is C29H25BrN4O2S. The Morgan fingerprint density at radius 3 is 2.59 bits per heavy atom. The lowest BCUT2D eigenvalue weighted by atomic mass is 10.0. The third-order valence-electron chi connectivity index (χ3n) is 5.79. The number of rotatable bonds is 8. The predicted octanol–water partition coefficient (Wildman–Crippen LogP) is 8.28. The molecule has 3 aromatic carbocycles. The van der Waals surface area contributed by atoms with Crippen molar-refractivity contribution in [2.75, 3.05) is 11.9 Å². The lowest BCUT2D eigenvalue weighted by Crippen LogP contribution is -2.33. The van der Waals surface area contributed by atoms with E-state index in [0.717, 1.165) is 49.3 Å². The standard InChI is InChI=1S/C29H25BrN4O2S/c1-2-15-34(29(35)36-27-14-13-26(30)37-27)18-20-7-6-8-21(16-20)22-11-12-25-24(17-22)28(32-19-31-25)33-23-9-4-3-5-10-23/h3-14,16-17,19H,2,15,18H2,1H3,(H,31,32,33). The highest BCUT2D eigenvalue weighted by Crippen LogP contribution is 2.31. The van der Waals surface area contributed by atoms with Crippen LogP contribution in [0, 0.1) is 0 Å². The van der Waals surface area contributed by atoms with Crippen molar-refractivity contribution in [1.82, 2.24) is 14.9 Å². The number of halogens is 1. The number of para-hydroxylation sites is 1. The summed E-state index contributed by atoms with van der Waals surface area (Å²) in [6.45, 7) is 3.12. The van der Waals surface area contributed by atoms with Gasteiger partial charge in [0.15, 0.2) is 5.06 Å². The third kappa shape index (κ3) is 6.15. The zero-order valence-corrected chi connectivity index (χ0v) is 22.6. The minimum atomic E-state index is -0.346. The second-order valence-electron chi connectivity index (χ2n) is 8.49. The Labute approximate surface area is 228 Å². The van der Waals surface area contributed by atoms with E-state index in [1.54, 1.807) is 17.3 Å². The normalized spacial score (nSPS) is 10.9. The summed E-state index contributed by atoms with van der Waals surface area (Å²) in [6.07, 6.45) is 2.07. The van der Waals surface area contributed by atoms with Crippen LogP contribution in [0.4, 0.5) is 16.3 Å². The lowest BCUT2D eigenvalue weighted by Gasteiger charge is -2.21. The zero-order chi connectivity index (χ0) is 25.6. The van der Waals surface area contributed by atoms with E-state index in [1.165, 1.54) is 11.3 Å². The minimum absolute atomic E-state index is 0.346. The number of amides is 1. The molecule has 0 unspecified atom stereocenters. The van der Waals surface area contributed by atoms with E-state index >= 15 is 0 Å². The molecule has 8 heteroatoms. The van der Waals surface area contributed by atoms with Crippen molar-refractivity contribution in [1.29, 1.82) is 0 Å². The van der Waals surface area contributed by atoms with Gasteiger partial charge in [0.05, 0.1) is 9.30 Å². The summed E-state index contributed by atoms with van der Waals surface area (Å²) in [5, 5.41) is 4.91. The van der Waals surface area contributed by atoms with Crippen molar-refractivity contribution in [3.63, 3.8) is 0 Å². The summed E-state index contributed by atoms with van der Waals surface area (Å²) in [6, 6.07) is 28.1. The van der Waals surface area contributed by atoms with Crippen molar-refractivity contribution >= 4 is 55.8 Å². The quantitative estimate of drug-likeness (QED) is 0.202. The first-order valence-corrected chi connectivity index (χ1v) is 13.6. The molecule has 1 N–H and O–H groups in total. The first-order valence-electron chi connectivity index (χ1n) is 12.0. The van der Waals surface area contributed by atoms with Crippen LogP contribution in [-0.4, -0.2) is 27.5 Å². The number of carbonyl (C=O) groups excluding carboxylic acids is 1. The molecule has 0 aliphatic carbocycles. The summed E-state index contributed by atoms with van der Waals surface area (Å²) in [5.41, 5.74) is 4.97. The maximum atomic E-state index is 12.9. The van der Waals surface area contributed by atoms with Gasteiger partial charge in [0, 0.05) is 24.2 Å². The Hall–Kier alpha value is -3.75. The van der Waals surface area contributed by atoms with Gasteiger partial charge in [-0.3, -0.25) is 0 Å². The van der Waals surface area contributed by atoms with Gasteiger partial charge in [0.25, 0.3) is 0 Å². The Bertz CT molecular complexity index is 1520. The van der Waals surface area contributed by atoms with Crippen molar-refractivity contribution in [2.45, 2.75) is 19.9 Å². The summed E-state index contributed by atoms with van der Waals surface area (Å²) in [7, 11) is 0. The second kappa shape index (κ2) is 11.5. The Morgan fingerprint density at radius 2 is 1.81 bits per heavy atom. The average molecular weight is 574 g/mol. The highest BCUT2D eigenvalue weighted by molar-refractivity contribution is 9.11. The largest absolute Gasteiger partial charge is 0.416 e. The van der Waals surface area contributed by atoms with Crippen LogP contribution in [0.1, 0.15) is 18.9 Å². The molecular weight excluding hydrogens is 548 g/mol. The molecule has 0 aliphatic heterocycles. The van der Waals surface area contributed by atoms with Gasteiger partial charge in [-0.25, -0.2) is 14.8 Å². The Kier molecular flexibility index (Phi) is 7.77. The van der Waals surface area contributed by atoms with Crippen LogP contribution in [0.5, 0.6) is 5.06 Å². The number of thiophene rings is 1. The molecule has 0 fully saturated rings. The van der Waals surface area contributed by atoms with Crippen molar-refractivity contribution < 1.29 is 9.53 Å². The number of nitrogens with zero attached hydrogens (tertiary/aromatic N) is 3. The van der Waals surface area contributed by atoms with Crippen LogP contribution in [0.25, 0.3) is 22.0 Å². The molecule has 6 nitrogen and oxygen atoms in total. The second-order valence-corrected chi connectivity index (χ2v) is 10.9. The maximum absolute atomic E-state index is 12.9. The SMILES string of the molecule is CCCN(Cc1cccc(-c2ccc3ncnc(Nc4ccccc4)c3c2)c1)C(=O)Oc1ccc(Br)s1. The molecule has 0 bridgehead atoms. The van der Waals surface area contributed by atoms with E-state index in [-0.39, 0.29) is 6.09 Å². The van der Waals surface area contributed by atoms with Gasteiger partial charge in [-0.15, -0.1) is 0 Å². The van der Waals surface area contributed by atoms with Crippen molar-refractivity contribution in [3.05, 3.63) is 101 Å². The first-order chi connectivity index (χ1) is 18.1. The third-order valence-corrected chi connectivity index (χ3v) is 7.30. The number of hydrogen-bond donors (Lipinski definition) is 1. The van der Waals surface area contributed by atoms with Gasteiger partial charge >= 0.3 is 6.09 Å². The number of hydrogen-bond acceptors (Lipinski definition) is 6. The van der Waals surface area contributed by atoms with Gasteiger partial charge in [0.2, 0.25) is 0 Å². The summed E-state index contributed by atoms with van der Waals surface area (Å²) < 4.78 is 6.53. The van der Waals surface area contributed by atoms with Crippen LogP contribution in [0.2, 0.25) is 0 Å². The molecule has 0 radical (unpaired) electrons. The molecule has 2 heterocycles. The predicted molar refractivity (Wildman–Crippen MR) is 153 cm³/mol. The molecule has 0 atom stereocenters. The molecule has 0 saturated carbocycles. The highest BCUT2D eigenvalue weighted by atomic mass is 79.9. The van der Waals surface area contributed by atoms with E-state index in [4.69, 9.17) is 4.74 Å². The molecule has 5 aromatic rings. The van der Waals surface area contributed by atoms with Crippen molar-refractivity contribution in [3.8, 4) is 16.2 Å². The van der Waals surface area contributed by atoms with E-state index in [1.807, 2.05) is 54.6 Å². The average Bonchev–Trinajstić information content (AvgIpc) is 3.33. The number of benzene rings is 3. The van der Waals surface area contributed by atoms with Gasteiger partial charge in [-0.2, -0.15) is 0 Å². The zero-order valence-electron chi connectivity index (χ0n) is 20.2. The fourth-order valence-corrected chi connectivity index (χ4v) is 5.26. The van der Waals surface area contributed by atoms with Gasteiger partial charge < -0.3 is 15.0 Å². The molecule has 0 spiro atoms. The summed E-state index contributed by atoms with van der Waals surface area (Å²) >= 11 is 4.80. The number of fused-ring (bicyclic) bond motifs is 1. The fourth-order valence-electron chi connectivity index (χ4n) is 4.07. The smallest absolute Gasteiger partial charge is 0.399 e. The molecule has 0 aliphatic rings. The van der Waals surface area contributed by atoms with Crippen LogP contribution in [0.3, 0.4) is 0 Å². The topological polar surface area (TPSA) is 67.4 Å². The maximum Gasteiger partial charge on any atom is 0.416 e. The first kappa shape index (κ1) is 24.9. The molecule has 0 saturated heterocycles. The number of aromatic nitrogens is 2. The van der Waals surface area contributed by atoms with Crippen LogP contribution < -0.4 is 10.1 Å². The summed E-state index contributed by atoms with van der Waals surface area (Å²) in [5.74, 6) is 0.756. The molecule has 37 heavy (non-hydrogen) atoms. The minimum Gasteiger partial charge on any atom is -0.399 e. The molecule has 2 aromatic heterocycles. The van der Waals surface area contributed by atoms with Crippen LogP contribution in [-0.2, 0) is 6.54 Å². The Morgan fingerprint density at radius 1 is 0.973 bits per heavy atom. The molecule has 1 amide bonds. The number of anilines is 2. The Balaban J connectivity index is 1.39. The van der Waals surface area contributed by atoms with Crippen LogP contribution in [0.15, 0.2) is 95.0 Å². The van der Waals surface area contributed by atoms with Crippen LogP contribution >= 0.6 is 27.3 Å². The van der Waals surface area contributed by atoms with Gasteiger partial charge in [-0.05, 0) is 81.5 Å². The molecule has 5 rings (SSSR count). The lowest BCUT2D eigenvalue weighted by molar-refractivity contribution is 0.151.